The van der Waals surface area contributed by atoms with Crippen LogP contribution in [0.15, 0.2) is 24.3 Å². The third-order valence-corrected chi connectivity index (χ3v) is 4.88. The number of hydrogen-bond acceptors (Lipinski definition) is 1. The molecule has 1 nitrogen and oxygen atoms in total. The second kappa shape index (κ2) is 5.28. The van der Waals surface area contributed by atoms with E-state index < -0.39 is 0 Å². The van der Waals surface area contributed by atoms with Crippen LogP contribution in [0, 0.1) is 18.3 Å². The molecule has 1 saturated carbocycles. The summed E-state index contributed by atoms with van der Waals surface area (Å²) >= 11 is 0. The molecule has 1 aromatic carbocycles. The van der Waals surface area contributed by atoms with Crippen LogP contribution in [0.1, 0.15) is 57.6 Å². The van der Waals surface area contributed by atoms with Crippen LogP contribution in [0.2, 0.25) is 0 Å². The smallest absolute Gasteiger partial charge is 0.0195 e. The van der Waals surface area contributed by atoms with Gasteiger partial charge in [-0.2, -0.15) is 0 Å². The van der Waals surface area contributed by atoms with E-state index in [1.54, 1.807) is 0 Å². The van der Waals surface area contributed by atoms with Gasteiger partial charge in [0.05, 0.1) is 0 Å². The van der Waals surface area contributed by atoms with Crippen LogP contribution in [0.5, 0.6) is 0 Å². The highest BCUT2D eigenvalue weighted by Crippen LogP contribution is 2.41. The van der Waals surface area contributed by atoms with E-state index in [2.05, 4.69) is 52.0 Å². The average Bonchev–Trinajstić information content (AvgIpc) is 2.31. The molecule has 0 aliphatic heterocycles. The van der Waals surface area contributed by atoms with Crippen LogP contribution in [-0.2, 0) is 6.42 Å². The zero-order valence-electron chi connectivity index (χ0n) is 13.0. The van der Waals surface area contributed by atoms with Crippen LogP contribution in [-0.4, -0.2) is 5.54 Å². The minimum atomic E-state index is 0.0248. The zero-order chi connectivity index (χ0) is 14.1. The maximum Gasteiger partial charge on any atom is 0.0195 e. The van der Waals surface area contributed by atoms with E-state index in [1.165, 1.54) is 36.8 Å². The number of aryl methyl sites for hydroxylation is 1. The van der Waals surface area contributed by atoms with Crippen molar-refractivity contribution in [3.8, 4) is 0 Å². The molecule has 1 aliphatic rings. The topological polar surface area (TPSA) is 26.0 Å². The quantitative estimate of drug-likeness (QED) is 0.833. The highest BCUT2D eigenvalue weighted by molar-refractivity contribution is 5.23. The van der Waals surface area contributed by atoms with Crippen molar-refractivity contribution in [2.24, 2.45) is 17.1 Å². The fraction of sp³-hybridized carbons (Fsp3) is 0.667. The van der Waals surface area contributed by atoms with Crippen molar-refractivity contribution < 1.29 is 0 Å². The van der Waals surface area contributed by atoms with Crippen LogP contribution < -0.4 is 5.73 Å². The van der Waals surface area contributed by atoms with Gasteiger partial charge in [0.2, 0.25) is 0 Å². The average molecular weight is 259 g/mol. The normalized spacial score (nSPS) is 28.4. The molecule has 2 rings (SSSR count). The first kappa shape index (κ1) is 14.6. The summed E-state index contributed by atoms with van der Waals surface area (Å²) in [5.74, 6) is 0.835. The SMILES string of the molecule is Cc1ccc(CC2(N)CCC(C(C)(C)C)CC2)cc1. The molecule has 1 aliphatic carbocycles. The molecule has 0 atom stereocenters. The summed E-state index contributed by atoms with van der Waals surface area (Å²) in [6, 6.07) is 8.86. The Kier molecular flexibility index (Phi) is 4.06. The Labute approximate surface area is 118 Å². The predicted molar refractivity (Wildman–Crippen MR) is 83.2 cm³/mol. The van der Waals surface area contributed by atoms with Crippen molar-refractivity contribution in [1.82, 2.24) is 0 Å². The number of benzene rings is 1. The van der Waals surface area contributed by atoms with Crippen molar-refractivity contribution in [2.45, 2.75) is 65.3 Å². The Bertz CT molecular complexity index is 402. The van der Waals surface area contributed by atoms with Gasteiger partial charge in [-0.25, -0.2) is 0 Å². The summed E-state index contributed by atoms with van der Waals surface area (Å²) in [5, 5.41) is 0. The maximum atomic E-state index is 6.63. The second-order valence-electron chi connectivity index (χ2n) is 7.67. The van der Waals surface area contributed by atoms with Gasteiger partial charge in [0, 0.05) is 5.54 Å². The van der Waals surface area contributed by atoms with Gasteiger partial charge < -0.3 is 5.73 Å². The molecule has 1 fully saturated rings. The molecular weight excluding hydrogens is 230 g/mol. The van der Waals surface area contributed by atoms with Gasteiger partial charge in [-0.15, -0.1) is 0 Å². The third-order valence-electron chi connectivity index (χ3n) is 4.88. The van der Waals surface area contributed by atoms with Gasteiger partial charge in [-0.3, -0.25) is 0 Å². The van der Waals surface area contributed by atoms with Crippen molar-refractivity contribution in [3.63, 3.8) is 0 Å². The van der Waals surface area contributed by atoms with E-state index in [0.717, 1.165) is 12.3 Å². The zero-order valence-corrected chi connectivity index (χ0v) is 13.0. The van der Waals surface area contributed by atoms with Gasteiger partial charge in [0.15, 0.2) is 0 Å². The molecule has 106 valence electrons. The molecule has 2 N–H and O–H groups in total. The second-order valence-corrected chi connectivity index (χ2v) is 7.67. The Morgan fingerprint density at radius 1 is 1.11 bits per heavy atom. The van der Waals surface area contributed by atoms with E-state index >= 15 is 0 Å². The number of rotatable bonds is 2. The molecule has 0 spiro atoms. The fourth-order valence-electron chi connectivity index (χ4n) is 3.35. The minimum absolute atomic E-state index is 0.0248. The monoisotopic (exact) mass is 259 g/mol. The number of nitrogens with two attached hydrogens (primary N) is 1. The lowest BCUT2D eigenvalue weighted by Gasteiger charge is -2.42. The Balaban J connectivity index is 1.96. The standard InChI is InChI=1S/C18H29N/c1-14-5-7-15(8-6-14)13-18(19)11-9-16(10-12-18)17(2,3)4/h5-8,16H,9-13,19H2,1-4H3. The summed E-state index contributed by atoms with van der Waals surface area (Å²) in [5.41, 5.74) is 9.81. The lowest BCUT2D eigenvalue weighted by Crippen LogP contribution is -2.46. The van der Waals surface area contributed by atoms with E-state index in [-0.39, 0.29) is 5.54 Å². The molecule has 0 bridgehead atoms. The molecule has 0 aromatic heterocycles. The summed E-state index contributed by atoms with van der Waals surface area (Å²) in [4.78, 5) is 0. The van der Waals surface area contributed by atoms with Gasteiger partial charge in [-0.1, -0.05) is 50.6 Å². The summed E-state index contributed by atoms with van der Waals surface area (Å²) in [6.07, 6.45) is 5.94. The molecule has 1 aromatic rings. The minimum Gasteiger partial charge on any atom is -0.325 e. The highest BCUT2D eigenvalue weighted by atomic mass is 14.7. The van der Waals surface area contributed by atoms with Gasteiger partial charge >= 0.3 is 0 Å². The lowest BCUT2D eigenvalue weighted by molar-refractivity contribution is 0.134. The van der Waals surface area contributed by atoms with Crippen LogP contribution in [0.3, 0.4) is 0 Å². The predicted octanol–water partition coefficient (Wildman–Crippen LogP) is 4.47. The van der Waals surface area contributed by atoms with Crippen molar-refractivity contribution >= 4 is 0 Å². The lowest BCUT2D eigenvalue weighted by atomic mass is 9.66. The van der Waals surface area contributed by atoms with E-state index in [9.17, 15) is 0 Å². The molecule has 19 heavy (non-hydrogen) atoms. The highest BCUT2D eigenvalue weighted by Gasteiger charge is 2.36. The van der Waals surface area contributed by atoms with E-state index in [4.69, 9.17) is 5.73 Å². The molecule has 0 heterocycles. The van der Waals surface area contributed by atoms with Gasteiger partial charge in [-0.05, 0) is 55.9 Å². The fourth-order valence-corrected chi connectivity index (χ4v) is 3.35. The van der Waals surface area contributed by atoms with Gasteiger partial charge in [0.1, 0.15) is 0 Å². The molecule has 1 heteroatoms. The Hall–Kier alpha value is -0.820. The Morgan fingerprint density at radius 3 is 2.11 bits per heavy atom. The largest absolute Gasteiger partial charge is 0.325 e. The van der Waals surface area contributed by atoms with Gasteiger partial charge in [0.25, 0.3) is 0 Å². The molecule has 0 unspecified atom stereocenters. The summed E-state index contributed by atoms with van der Waals surface area (Å²) in [6.45, 7) is 9.22. The molecule has 0 radical (unpaired) electrons. The molecular formula is C18H29N. The number of hydrogen-bond donors (Lipinski definition) is 1. The first-order valence-electron chi connectivity index (χ1n) is 7.63. The van der Waals surface area contributed by atoms with Crippen LogP contribution in [0.4, 0.5) is 0 Å². The third kappa shape index (κ3) is 3.82. The van der Waals surface area contributed by atoms with Crippen molar-refractivity contribution in [2.75, 3.05) is 0 Å². The maximum absolute atomic E-state index is 6.63. The first-order valence-corrected chi connectivity index (χ1v) is 7.63. The summed E-state index contributed by atoms with van der Waals surface area (Å²) < 4.78 is 0. The molecule has 0 saturated heterocycles. The molecule has 0 amide bonds. The van der Waals surface area contributed by atoms with Crippen molar-refractivity contribution in [3.05, 3.63) is 35.4 Å². The first-order chi connectivity index (χ1) is 8.78. The van der Waals surface area contributed by atoms with Crippen LogP contribution >= 0.6 is 0 Å². The van der Waals surface area contributed by atoms with Crippen LogP contribution in [0.25, 0.3) is 0 Å². The summed E-state index contributed by atoms with van der Waals surface area (Å²) in [7, 11) is 0. The Morgan fingerprint density at radius 2 is 1.63 bits per heavy atom. The van der Waals surface area contributed by atoms with E-state index in [0.29, 0.717) is 5.41 Å². The van der Waals surface area contributed by atoms with E-state index in [1.807, 2.05) is 0 Å². The van der Waals surface area contributed by atoms with Crippen molar-refractivity contribution in [1.29, 1.82) is 0 Å².